The molecule has 124 valence electrons. The Kier molecular flexibility index (Phi) is 3.31. The molecule has 2 saturated carbocycles. The Labute approximate surface area is 138 Å². The van der Waals surface area contributed by atoms with Crippen molar-refractivity contribution in [3.05, 3.63) is 23.8 Å². The summed E-state index contributed by atoms with van der Waals surface area (Å²) < 4.78 is 0. The average molecular weight is 313 g/mol. The van der Waals surface area contributed by atoms with Gasteiger partial charge in [0.25, 0.3) is 0 Å². The summed E-state index contributed by atoms with van der Waals surface area (Å²) in [5.41, 5.74) is -0.448. The number of aliphatic hydroxyl groups is 2. The second kappa shape index (κ2) is 4.94. The van der Waals surface area contributed by atoms with Crippen LogP contribution in [0.4, 0.5) is 0 Å². The second-order valence-electron chi connectivity index (χ2n) is 8.59. The van der Waals surface area contributed by atoms with Crippen LogP contribution in [0, 0.1) is 34.0 Å². The van der Waals surface area contributed by atoms with Crippen LogP contribution in [0.3, 0.4) is 0 Å². The standard InChI is InChI=1S/C20H27NO2/c1-18-7-2-3-17(18)20(23)8-6-14-4-5-16(22)11-15(14)12-19(20,13-21)10-9-18/h2,7,12,14,16-17,22-23H,3-6,8-11H2,1H3/t14?,16?,17?,18?,19?,20-/m0/s1. The number of nitrogens with zero attached hydrogens (tertiary/aromatic N) is 1. The molecule has 2 N–H and O–H groups in total. The van der Waals surface area contributed by atoms with Crippen molar-refractivity contribution in [2.45, 2.75) is 70.0 Å². The van der Waals surface area contributed by atoms with E-state index in [0.29, 0.717) is 18.8 Å². The summed E-state index contributed by atoms with van der Waals surface area (Å²) in [6, 6.07) is 2.54. The van der Waals surface area contributed by atoms with Crippen molar-refractivity contribution in [2.24, 2.45) is 22.7 Å². The Bertz CT molecular complexity index is 618. The maximum Gasteiger partial charge on any atom is 0.105 e. The third-order valence-electron chi connectivity index (χ3n) is 7.42. The minimum atomic E-state index is -0.937. The first-order valence-corrected chi connectivity index (χ1v) is 9.13. The van der Waals surface area contributed by atoms with Gasteiger partial charge in [-0.15, -0.1) is 0 Å². The lowest BCUT2D eigenvalue weighted by atomic mass is 9.50. The molecule has 2 fully saturated rings. The molecule has 0 saturated heterocycles. The van der Waals surface area contributed by atoms with E-state index in [-0.39, 0.29) is 17.4 Å². The number of nitriles is 1. The lowest BCUT2D eigenvalue weighted by Gasteiger charge is -2.55. The van der Waals surface area contributed by atoms with Crippen LogP contribution in [-0.4, -0.2) is 21.9 Å². The monoisotopic (exact) mass is 313 g/mol. The molecule has 4 aliphatic rings. The first kappa shape index (κ1) is 15.4. The van der Waals surface area contributed by atoms with Crippen molar-refractivity contribution in [3.63, 3.8) is 0 Å². The molecular weight excluding hydrogens is 286 g/mol. The normalized spacial score (nSPS) is 51.7. The smallest absolute Gasteiger partial charge is 0.105 e. The van der Waals surface area contributed by atoms with Gasteiger partial charge in [0, 0.05) is 5.92 Å². The van der Waals surface area contributed by atoms with Crippen molar-refractivity contribution in [2.75, 3.05) is 0 Å². The number of hydrogen-bond acceptors (Lipinski definition) is 3. The summed E-state index contributed by atoms with van der Waals surface area (Å²) in [4.78, 5) is 0. The van der Waals surface area contributed by atoms with Gasteiger partial charge in [-0.1, -0.05) is 30.7 Å². The number of allylic oxidation sites excluding steroid dienone is 2. The summed E-state index contributed by atoms with van der Waals surface area (Å²) in [5.74, 6) is 0.587. The Morgan fingerprint density at radius 1 is 1.22 bits per heavy atom. The zero-order valence-electron chi connectivity index (χ0n) is 14.0. The van der Waals surface area contributed by atoms with Crippen LogP contribution in [0.15, 0.2) is 23.8 Å². The second-order valence-corrected chi connectivity index (χ2v) is 8.59. The fourth-order valence-corrected chi connectivity index (χ4v) is 5.97. The van der Waals surface area contributed by atoms with E-state index in [2.05, 4.69) is 31.2 Å². The lowest BCUT2D eigenvalue weighted by molar-refractivity contribution is -0.145. The largest absolute Gasteiger partial charge is 0.393 e. The third-order valence-corrected chi connectivity index (χ3v) is 7.42. The van der Waals surface area contributed by atoms with Crippen LogP contribution < -0.4 is 0 Å². The van der Waals surface area contributed by atoms with Crippen LogP contribution in [0.2, 0.25) is 0 Å². The van der Waals surface area contributed by atoms with Crippen LogP contribution in [0.1, 0.15) is 58.3 Å². The molecule has 0 aromatic heterocycles. The molecule has 0 aliphatic heterocycles. The topological polar surface area (TPSA) is 64.2 Å². The van der Waals surface area contributed by atoms with E-state index in [0.717, 1.165) is 38.5 Å². The Morgan fingerprint density at radius 2 is 2.04 bits per heavy atom. The zero-order valence-corrected chi connectivity index (χ0v) is 14.0. The van der Waals surface area contributed by atoms with E-state index in [1.54, 1.807) is 0 Å². The number of aliphatic hydroxyl groups excluding tert-OH is 1. The maximum atomic E-state index is 11.8. The average Bonchev–Trinajstić information content (AvgIpc) is 2.87. The van der Waals surface area contributed by atoms with Gasteiger partial charge in [-0.2, -0.15) is 5.26 Å². The molecule has 0 amide bonds. The van der Waals surface area contributed by atoms with E-state index in [1.165, 1.54) is 5.57 Å². The van der Waals surface area contributed by atoms with E-state index >= 15 is 0 Å². The number of fused-ring (bicyclic) bond motifs is 4. The summed E-state index contributed by atoms with van der Waals surface area (Å²) in [5, 5.41) is 31.9. The SMILES string of the molecule is CC12C=CCC1[C@@]1(O)CCC3CCC(O)CC3=CC1(C#N)CC2. The van der Waals surface area contributed by atoms with E-state index < -0.39 is 11.0 Å². The quantitative estimate of drug-likeness (QED) is 0.673. The molecule has 23 heavy (non-hydrogen) atoms. The molecule has 4 rings (SSSR count). The number of rotatable bonds is 0. The Hall–Kier alpha value is -1.11. The van der Waals surface area contributed by atoms with E-state index in [4.69, 9.17) is 0 Å². The van der Waals surface area contributed by atoms with E-state index in [1.807, 2.05) is 0 Å². The van der Waals surface area contributed by atoms with Gasteiger partial charge in [-0.3, -0.25) is 0 Å². The summed E-state index contributed by atoms with van der Waals surface area (Å²) in [7, 11) is 0. The van der Waals surface area contributed by atoms with Gasteiger partial charge in [-0.25, -0.2) is 0 Å². The van der Waals surface area contributed by atoms with Gasteiger partial charge in [0.1, 0.15) is 5.41 Å². The number of hydrogen-bond donors (Lipinski definition) is 2. The molecule has 0 aromatic carbocycles. The molecule has 0 bridgehead atoms. The molecular formula is C20H27NO2. The highest BCUT2D eigenvalue weighted by Gasteiger charge is 2.63. The van der Waals surface area contributed by atoms with E-state index in [9.17, 15) is 15.5 Å². The molecule has 0 radical (unpaired) electrons. The van der Waals surface area contributed by atoms with Gasteiger partial charge in [0.2, 0.25) is 0 Å². The minimum Gasteiger partial charge on any atom is -0.393 e. The van der Waals surface area contributed by atoms with Crippen molar-refractivity contribution in [1.29, 1.82) is 5.26 Å². The van der Waals surface area contributed by atoms with Gasteiger partial charge in [0.15, 0.2) is 0 Å². The van der Waals surface area contributed by atoms with Crippen molar-refractivity contribution < 1.29 is 10.2 Å². The molecule has 0 spiro atoms. The molecule has 6 atom stereocenters. The molecule has 3 nitrogen and oxygen atoms in total. The lowest BCUT2D eigenvalue weighted by Crippen LogP contribution is -2.59. The third kappa shape index (κ3) is 2.01. The molecule has 0 aromatic rings. The molecule has 5 unspecified atom stereocenters. The highest BCUT2D eigenvalue weighted by Crippen LogP contribution is 2.63. The Morgan fingerprint density at radius 3 is 2.83 bits per heavy atom. The fraction of sp³-hybridized carbons (Fsp3) is 0.750. The summed E-state index contributed by atoms with van der Waals surface area (Å²) >= 11 is 0. The van der Waals surface area contributed by atoms with Gasteiger partial charge < -0.3 is 10.2 Å². The molecule has 0 heterocycles. The van der Waals surface area contributed by atoms with Crippen molar-refractivity contribution >= 4 is 0 Å². The van der Waals surface area contributed by atoms with Crippen LogP contribution >= 0.6 is 0 Å². The van der Waals surface area contributed by atoms with Gasteiger partial charge in [0.05, 0.1) is 17.8 Å². The van der Waals surface area contributed by atoms with Crippen LogP contribution in [-0.2, 0) is 0 Å². The highest BCUT2D eigenvalue weighted by molar-refractivity contribution is 5.35. The van der Waals surface area contributed by atoms with Crippen LogP contribution in [0.5, 0.6) is 0 Å². The fourth-order valence-electron chi connectivity index (χ4n) is 5.97. The zero-order chi connectivity index (χ0) is 16.3. The predicted octanol–water partition coefficient (Wildman–Crippen LogP) is 3.48. The Balaban J connectivity index is 1.80. The minimum absolute atomic E-state index is 0.0304. The molecule has 3 heteroatoms. The first-order chi connectivity index (χ1) is 10.9. The summed E-state index contributed by atoms with van der Waals surface area (Å²) in [6.07, 6.45) is 13.0. The summed E-state index contributed by atoms with van der Waals surface area (Å²) in [6.45, 7) is 2.25. The highest BCUT2D eigenvalue weighted by atomic mass is 16.3. The van der Waals surface area contributed by atoms with Crippen molar-refractivity contribution in [1.82, 2.24) is 0 Å². The van der Waals surface area contributed by atoms with Gasteiger partial charge >= 0.3 is 0 Å². The first-order valence-electron chi connectivity index (χ1n) is 9.13. The van der Waals surface area contributed by atoms with Crippen LogP contribution in [0.25, 0.3) is 0 Å². The predicted molar refractivity (Wildman–Crippen MR) is 88.2 cm³/mol. The maximum absolute atomic E-state index is 11.8. The van der Waals surface area contributed by atoms with Gasteiger partial charge in [-0.05, 0) is 62.7 Å². The molecule has 4 aliphatic carbocycles. The van der Waals surface area contributed by atoms with Crippen molar-refractivity contribution in [3.8, 4) is 6.07 Å².